The van der Waals surface area contributed by atoms with Crippen LogP contribution in [-0.4, -0.2) is 59.5 Å². The number of carbonyl (C=O) groups excluding carboxylic acids is 2. The van der Waals surface area contributed by atoms with Crippen LogP contribution in [0.3, 0.4) is 0 Å². The molecule has 1 fully saturated rings. The zero-order valence-corrected chi connectivity index (χ0v) is 19.6. The van der Waals surface area contributed by atoms with Gasteiger partial charge in [-0.25, -0.2) is 14.4 Å². The van der Waals surface area contributed by atoms with Crippen LogP contribution in [0.4, 0.5) is 9.59 Å². The van der Waals surface area contributed by atoms with Gasteiger partial charge in [0.25, 0.3) is 0 Å². The second-order valence-electron chi connectivity index (χ2n) is 9.72. The number of hydrogen-bond acceptors (Lipinski definition) is 5. The fraction of sp³-hybridized carbons (Fsp3) is 0.423. The number of likely N-dealkylation sites (tertiary alicyclic amines) is 1. The lowest BCUT2D eigenvalue weighted by molar-refractivity contribution is -0.151. The van der Waals surface area contributed by atoms with Crippen LogP contribution in [0.25, 0.3) is 11.1 Å². The first kappa shape index (κ1) is 23.6. The number of nitrogens with zero attached hydrogens (tertiary/aromatic N) is 1. The first-order chi connectivity index (χ1) is 16.2. The summed E-state index contributed by atoms with van der Waals surface area (Å²) < 4.78 is 10.8. The van der Waals surface area contributed by atoms with Crippen LogP contribution in [-0.2, 0) is 14.3 Å². The number of nitrogens with one attached hydrogen (secondary N) is 1. The van der Waals surface area contributed by atoms with E-state index in [2.05, 4.69) is 17.4 Å². The predicted octanol–water partition coefficient (Wildman–Crippen LogP) is 4.24. The van der Waals surface area contributed by atoms with Crippen LogP contribution in [0.1, 0.15) is 44.2 Å². The van der Waals surface area contributed by atoms with E-state index >= 15 is 0 Å². The number of carboxylic acids is 1. The first-order valence-electron chi connectivity index (χ1n) is 11.5. The average Bonchev–Trinajstić information content (AvgIpc) is 3.06. The molecule has 0 saturated carbocycles. The van der Waals surface area contributed by atoms with Crippen LogP contribution in [0.15, 0.2) is 48.5 Å². The van der Waals surface area contributed by atoms with E-state index in [0.29, 0.717) is 6.42 Å². The third-order valence-corrected chi connectivity index (χ3v) is 6.22. The quantitative estimate of drug-likeness (QED) is 0.660. The van der Waals surface area contributed by atoms with Gasteiger partial charge < -0.3 is 19.9 Å². The molecule has 2 atom stereocenters. The first-order valence-corrected chi connectivity index (χ1v) is 11.5. The van der Waals surface area contributed by atoms with Crippen LogP contribution >= 0.6 is 0 Å². The second-order valence-corrected chi connectivity index (χ2v) is 9.72. The molecule has 180 valence electrons. The molecule has 0 aromatic heterocycles. The van der Waals surface area contributed by atoms with Crippen molar-refractivity contribution in [2.75, 3.05) is 19.7 Å². The molecule has 0 spiro atoms. The van der Waals surface area contributed by atoms with E-state index in [1.807, 2.05) is 36.4 Å². The average molecular weight is 467 g/mol. The Morgan fingerprint density at radius 3 is 2.18 bits per heavy atom. The highest BCUT2D eigenvalue weighted by Crippen LogP contribution is 2.44. The maximum Gasteiger partial charge on any atom is 0.410 e. The molecular formula is C26H30N2O6. The Labute approximate surface area is 198 Å². The van der Waals surface area contributed by atoms with Crippen molar-refractivity contribution in [2.24, 2.45) is 5.92 Å². The smallest absolute Gasteiger partial charge is 0.410 e. The maximum atomic E-state index is 12.8. The summed E-state index contributed by atoms with van der Waals surface area (Å²) in [4.78, 5) is 37.6. The van der Waals surface area contributed by atoms with E-state index in [0.717, 1.165) is 22.3 Å². The Morgan fingerprint density at radius 1 is 1.03 bits per heavy atom. The fourth-order valence-corrected chi connectivity index (χ4v) is 4.71. The number of ether oxygens (including phenoxy) is 2. The van der Waals surface area contributed by atoms with Gasteiger partial charge >= 0.3 is 18.2 Å². The van der Waals surface area contributed by atoms with Gasteiger partial charge in [-0.2, -0.15) is 0 Å². The van der Waals surface area contributed by atoms with Crippen LogP contribution in [0.5, 0.6) is 0 Å². The molecule has 2 aromatic rings. The molecule has 34 heavy (non-hydrogen) atoms. The summed E-state index contributed by atoms with van der Waals surface area (Å²) in [6.07, 6.45) is -0.763. The third kappa shape index (κ3) is 4.85. The van der Waals surface area contributed by atoms with E-state index in [-0.39, 0.29) is 31.5 Å². The van der Waals surface area contributed by atoms with Gasteiger partial charge in [0.15, 0.2) is 0 Å². The van der Waals surface area contributed by atoms with E-state index in [1.165, 1.54) is 4.90 Å². The summed E-state index contributed by atoms with van der Waals surface area (Å²) in [5.41, 5.74) is 3.85. The van der Waals surface area contributed by atoms with Gasteiger partial charge in [0.05, 0.1) is 0 Å². The lowest BCUT2D eigenvalue weighted by Crippen LogP contribution is -2.62. The molecule has 1 aliphatic heterocycles. The Bertz CT molecular complexity index is 1050. The van der Waals surface area contributed by atoms with Gasteiger partial charge in [-0.05, 0) is 49.4 Å². The molecule has 2 aromatic carbocycles. The van der Waals surface area contributed by atoms with Crippen molar-refractivity contribution in [2.45, 2.75) is 44.8 Å². The predicted molar refractivity (Wildman–Crippen MR) is 126 cm³/mol. The lowest BCUT2D eigenvalue weighted by atomic mass is 9.86. The number of rotatable bonds is 6. The van der Waals surface area contributed by atoms with Gasteiger partial charge in [0.2, 0.25) is 0 Å². The van der Waals surface area contributed by atoms with Crippen molar-refractivity contribution < 1.29 is 29.0 Å². The molecule has 8 nitrogen and oxygen atoms in total. The number of alkyl carbamates (subject to hydrolysis) is 1. The van der Waals surface area contributed by atoms with Gasteiger partial charge in [0, 0.05) is 24.9 Å². The largest absolute Gasteiger partial charge is 0.480 e. The highest BCUT2D eigenvalue weighted by Gasteiger charge is 2.47. The molecule has 8 heteroatoms. The van der Waals surface area contributed by atoms with Gasteiger partial charge in [0.1, 0.15) is 18.2 Å². The van der Waals surface area contributed by atoms with Crippen molar-refractivity contribution in [1.29, 1.82) is 0 Å². The second kappa shape index (κ2) is 9.37. The maximum absolute atomic E-state index is 12.8. The Balaban J connectivity index is 1.32. The molecule has 1 heterocycles. The SMILES string of the molecule is CC(C)(C)OC(=O)NCCC1CN(C(=O)OCC2c3ccccc3-c3ccccc32)C1C(=O)O. The molecule has 0 bridgehead atoms. The van der Waals surface area contributed by atoms with Crippen molar-refractivity contribution in [3.8, 4) is 11.1 Å². The Hall–Kier alpha value is -3.55. The molecule has 2 N–H and O–H groups in total. The van der Waals surface area contributed by atoms with Gasteiger partial charge in [-0.1, -0.05) is 48.5 Å². The standard InChI is InChI=1S/C26H30N2O6/c1-26(2,3)34-24(31)27-13-12-16-14-28(22(16)23(29)30)25(32)33-15-21-19-10-6-4-8-17(19)18-9-5-7-11-20(18)21/h4-11,16,21-22H,12-15H2,1-3H3,(H,27,31)(H,29,30). The highest BCUT2D eigenvalue weighted by atomic mass is 16.6. The number of amides is 2. The van der Waals surface area contributed by atoms with Crippen LogP contribution in [0, 0.1) is 5.92 Å². The Kier molecular flexibility index (Phi) is 6.50. The summed E-state index contributed by atoms with van der Waals surface area (Å²) >= 11 is 0. The zero-order chi connectivity index (χ0) is 24.5. The van der Waals surface area contributed by atoms with Crippen LogP contribution < -0.4 is 5.32 Å². The molecule has 2 aliphatic rings. The minimum atomic E-state index is -1.08. The van der Waals surface area contributed by atoms with E-state index < -0.39 is 29.8 Å². The summed E-state index contributed by atoms with van der Waals surface area (Å²) in [5.74, 6) is -1.44. The third-order valence-electron chi connectivity index (χ3n) is 6.22. The number of carbonyl (C=O) groups is 3. The van der Waals surface area contributed by atoms with E-state index in [9.17, 15) is 19.5 Å². The van der Waals surface area contributed by atoms with E-state index in [1.54, 1.807) is 20.8 Å². The Morgan fingerprint density at radius 2 is 1.62 bits per heavy atom. The lowest BCUT2D eigenvalue weighted by Gasteiger charge is -2.44. The van der Waals surface area contributed by atoms with Crippen molar-refractivity contribution >= 4 is 18.2 Å². The van der Waals surface area contributed by atoms with Crippen molar-refractivity contribution in [3.63, 3.8) is 0 Å². The number of benzene rings is 2. The summed E-state index contributed by atoms with van der Waals surface area (Å²) in [6, 6.07) is 15.1. The van der Waals surface area contributed by atoms with Gasteiger partial charge in [-0.3, -0.25) is 4.90 Å². The summed E-state index contributed by atoms with van der Waals surface area (Å²) in [7, 11) is 0. The number of hydrogen-bond donors (Lipinski definition) is 2. The minimum absolute atomic E-state index is 0.0882. The van der Waals surface area contributed by atoms with Crippen molar-refractivity contribution in [1.82, 2.24) is 10.2 Å². The van der Waals surface area contributed by atoms with Gasteiger partial charge in [-0.15, -0.1) is 0 Å². The summed E-state index contributed by atoms with van der Waals surface area (Å²) in [5, 5.41) is 12.3. The topological polar surface area (TPSA) is 105 Å². The number of carboxylic acid groups (broad SMARTS) is 1. The molecule has 1 aliphatic carbocycles. The normalized spacial score (nSPS) is 19.0. The minimum Gasteiger partial charge on any atom is -0.480 e. The fourth-order valence-electron chi connectivity index (χ4n) is 4.71. The monoisotopic (exact) mass is 466 g/mol. The molecule has 2 unspecified atom stereocenters. The molecule has 4 rings (SSSR count). The van der Waals surface area contributed by atoms with Crippen LogP contribution in [0.2, 0.25) is 0 Å². The molecular weight excluding hydrogens is 436 g/mol. The number of fused-ring (bicyclic) bond motifs is 3. The summed E-state index contributed by atoms with van der Waals surface area (Å²) in [6.45, 7) is 5.98. The highest BCUT2D eigenvalue weighted by molar-refractivity contribution is 5.83. The van der Waals surface area contributed by atoms with E-state index in [4.69, 9.17) is 9.47 Å². The zero-order valence-electron chi connectivity index (χ0n) is 19.6. The molecule has 0 radical (unpaired) electrons. The molecule has 2 amide bonds. The number of aliphatic carboxylic acids is 1. The van der Waals surface area contributed by atoms with Crippen molar-refractivity contribution in [3.05, 3.63) is 59.7 Å². The molecule has 1 saturated heterocycles.